The van der Waals surface area contributed by atoms with Gasteiger partial charge in [0.1, 0.15) is 28.9 Å². The van der Waals surface area contributed by atoms with Crippen molar-refractivity contribution in [2.24, 2.45) is 5.73 Å². The van der Waals surface area contributed by atoms with Crippen molar-refractivity contribution in [3.05, 3.63) is 95.4 Å². The van der Waals surface area contributed by atoms with Gasteiger partial charge in [-0.1, -0.05) is 36.4 Å². The van der Waals surface area contributed by atoms with E-state index in [4.69, 9.17) is 20.9 Å². The molecule has 0 amide bonds. The SMILES string of the molecule is N#CC1=C(N)Oc2cc(N)ccc2[C@H]1c1cccc(Oc2ccccc2)c1. The number of anilines is 1. The molecule has 0 aliphatic carbocycles. The van der Waals surface area contributed by atoms with Crippen molar-refractivity contribution < 1.29 is 9.47 Å². The van der Waals surface area contributed by atoms with Gasteiger partial charge in [0.2, 0.25) is 5.88 Å². The largest absolute Gasteiger partial charge is 0.457 e. The second kappa shape index (κ2) is 6.77. The van der Waals surface area contributed by atoms with Crippen LogP contribution in [0.15, 0.2) is 84.3 Å². The Hall–Kier alpha value is -3.91. The van der Waals surface area contributed by atoms with Gasteiger partial charge in [-0.15, -0.1) is 0 Å². The lowest BCUT2D eigenvalue weighted by Gasteiger charge is -2.26. The molecule has 132 valence electrons. The van der Waals surface area contributed by atoms with Gasteiger partial charge in [-0.2, -0.15) is 5.26 Å². The third-order valence-corrected chi connectivity index (χ3v) is 4.41. The fourth-order valence-electron chi connectivity index (χ4n) is 3.20. The maximum atomic E-state index is 9.65. The van der Waals surface area contributed by atoms with Crippen LogP contribution in [0.2, 0.25) is 0 Å². The van der Waals surface area contributed by atoms with Crippen LogP contribution >= 0.6 is 0 Å². The van der Waals surface area contributed by atoms with Crippen molar-refractivity contribution in [1.82, 2.24) is 0 Å². The number of fused-ring (bicyclic) bond motifs is 1. The Balaban J connectivity index is 1.78. The van der Waals surface area contributed by atoms with E-state index in [0.717, 1.165) is 16.9 Å². The Morgan fingerprint density at radius 3 is 2.44 bits per heavy atom. The smallest absolute Gasteiger partial charge is 0.205 e. The van der Waals surface area contributed by atoms with Gasteiger partial charge in [0.15, 0.2) is 0 Å². The normalized spacial score (nSPS) is 15.4. The third kappa shape index (κ3) is 3.16. The molecule has 27 heavy (non-hydrogen) atoms. The number of nitrogens with two attached hydrogens (primary N) is 2. The van der Waals surface area contributed by atoms with Gasteiger partial charge < -0.3 is 20.9 Å². The summed E-state index contributed by atoms with van der Waals surface area (Å²) in [7, 11) is 0. The molecule has 1 aliphatic heterocycles. The lowest BCUT2D eigenvalue weighted by atomic mass is 9.83. The maximum Gasteiger partial charge on any atom is 0.205 e. The van der Waals surface area contributed by atoms with Crippen LogP contribution in [-0.2, 0) is 0 Å². The minimum Gasteiger partial charge on any atom is -0.457 e. The molecule has 4 N–H and O–H groups in total. The molecular formula is C22H17N3O2. The lowest BCUT2D eigenvalue weighted by molar-refractivity contribution is 0.394. The summed E-state index contributed by atoms with van der Waals surface area (Å²) in [5, 5.41) is 9.65. The topological polar surface area (TPSA) is 94.3 Å². The lowest BCUT2D eigenvalue weighted by Crippen LogP contribution is -2.21. The van der Waals surface area contributed by atoms with E-state index < -0.39 is 0 Å². The van der Waals surface area contributed by atoms with E-state index in [1.807, 2.05) is 60.7 Å². The van der Waals surface area contributed by atoms with Gasteiger partial charge >= 0.3 is 0 Å². The van der Waals surface area contributed by atoms with Gasteiger partial charge in [-0.05, 0) is 35.9 Å². The summed E-state index contributed by atoms with van der Waals surface area (Å²) in [4.78, 5) is 0. The summed E-state index contributed by atoms with van der Waals surface area (Å²) in [6.45, 7) is 0. The zero-order valence-corrected chi connectivity index (χ0v) is 14.4. The Morgan fingerprint density at radius 1 is 0.889 bits per heavy atom. The predicted octanol–water partition coefficient (Wildman–Crippen LogP) is 4.28. The molecule has 1 aliphatic rings. The number of hydrogen-bond donors (Lipinski definition) is 2. The number of ether oxygens (including phenoxy) is 2. The Labute approximate surface area is 157 Å². The van der Waals surface area contributed by atoms with Gasteiger partial charge in [0, 0.05) is 17.3 Å². The van der Waals surface area contributed by atoms with Crippen molar-refractivity contribution in [2.75, 3.05) is 5.73 Å². The first-order valence-corrected chi connectivity index (χ1v) is 8.45. The van der Waals surface area contributed by atoms with Crippen LogP contribution < -0.4 is 20.9 Å². The van der Waals surface area contributed by atoms with E-state index >= 15 is 0 Å². The Kier molecular flexibility index (Phi) is 4.15. The highest BCUT2D eigenvalue weighted by Crippen LogP contribution is 2.43. The van der Waals surface area contributed by atoms with Crippen LogP contribution in [-0.4, -0.2) is 0 Å². The molecule has 1 heterocycles. The molecule has 3 aromatic rings. The van der Waals surface area contributed by atoms with Crippen molar-refractivity contribution in [3.8, 4) is 23.3 Å². The van der Waals surface area contributed by atoms with E-state index in [1.165, 1.54) is 0 Å². The Morgan fingerprint density at radius 2 is 1.67 bits per heavy atom. The average molecular weight is 355 g/mol. The molecule has 1 atom stereocenters. The fraction of sp³-hybridized carbons (Fsp3) is 0.0455. The molecule has 0 saturated carbocycles. The summed E-state index contributed by atoms with van der Waals surface area (Å²) in [5.74, 6) is 1.72. The number of benzene rings is 3. The van der Waals surface area contributed by atoms with Crippen LogP contribution in [0.5, 0.6) is 17.2 Å². The molecule has 0 fully saturated rings. The van der Waals surface area contributed by atoms with Crippen molar-refractivity contribution in [1.29, 1.82) is 5.26 Å². The number of allylic oxidation sites excluding steroid dienone is 1. The number of nitrogens with zero attached hydrogens (tertiary/aromatic N) is 1. The fourth-order valence-corrected chi connectivity index (χ4v) is 3.20. The highest BCUT2D eigenvalue weighted by atomic mass is 16.5. The Bertz CT molecular complexity index is 1070. The van der Waals surface area contributed by atoms with Crippen LogP contribution in [0.25, 0.3) is 0 Å². The first-order chi connectivity index (χ1) is 13.2. The summed E-state index contributed by atoms with van der Waals surface area (Å²) in [5.41, 5.74) is 14.5. The molecular weight excluding hydrogens is 338 g/mol. The van der Waals surface area contributed by atoms with E-state index in [9.17, 15) is 5.26 Å². The second-order valence-electron chi connectivity index (χ2n) is 6.21. The van der Waals surface area contributed by atoms with Gasteiger partial charge in [-0.3, -0.25) is 0 Å². The average Bonchev–Trinajstić information content (AvgIpc) is 2.68. The van der Waals surface area contributed by atoms with E-state index in [1.54, 1.807) is 12.1 Å². The molecule has 3 aromatic carbocycles. The monoisotopic (exact) mass is 355 g/mol. The van der Waals surface area contributed by atoms with Crippen LogP contribution in [0.1, 0.15) is 17.0 Å². The first kappa shape index (κ1) is 16.6. The summed E-state index contributed by atoms with van der Waals surface area (Å²) < 4.78 is 11.5. The van der Waals surface area contributed by atoms with E-state index in [0.29, 0.717) is 22.8 Å². The van der Waals surface area contributed by atoms with Crippen LogP contribution in [0, 0.1) is 11.3 Å². The molecule has 5 heteroatoms. The third-order valence-electron chi connectivity index (χ3n) is 4.41. The molecule has 4 rings (SSSR count). The van der Waals surface area contributed by atoms with Gasteiger partial charge in [-0.25, -0.2) is 0 Å². The number of para-hydroxylation sites is 1. The molecule has 0 radical (unpaired) electrons. The quantitative estimate of drug-likeness (QED) is 0.684. The van der Waals surface area contributed by atoms with Crippen LogP contribution in [0.3, 0.4) is 0 Å². The maximum absolute atomic E-state index is 9.65. The molecule has 0 aromatic heterocycles. The summed E-state index contributed by atoms with van der Waals surface area (Å²) in [6, 6.07) is 24.7. The zero-order chi connectivity index (χ0) is 18.8. The molecule has 0 unspecified atom stereocenters. The van der Waals surface area contributed by atoms with Crippen molar-refractivity contribution >= 4 is 5.69 Å². The van der Waals surface area contributed by atoms with E-state index in [-0.39, 0.29) is 11.8 Å². The van der Waals surface area contributed by atoms with Crippen LogP contribution in [0.4, 0.5) is 5.69 Å². The molecule has 0 saturated heterocycles. The second-order valence-corrected chi connectivity index (χ2v) is 6.21. The number of nitrogen functional groups attached to an aromatic ring is 1. The van der Waals surface area contributed by atoms with Crippen molar-refractivity contribution in [3.63, 3.8) is 0 Å². The number of hydrogen-bond acceptors (Lipinski definition) is 5. The summed E-state index contributed by atoms with van der Waals surface area (Å²) >= 11 is 0. The zero-order valence-electron chi connectivity index (χ0n) is 14.4. The number of nitriles is 1. The number of rotatable bonds is 3. The molecule has 0 bridgehead atoms. The van der Waals surface area contributed by atoms with Gasteiger partial charge in [0.05, 0.1) is 5.92 Å². The highest BCUT2D eigenvalue weighted by molar-refractivity contribution is 5.60. The minimum atomic E-state index is -0.348. The standard InChI is InChI=1S/C22H17N3O2/c23-13-19-21(18-10-9-15(24)12-20(18)27-22(19)25)14-5-4-8-17(11-14)26-16-6-2-1-3-7-16/h1-12,21H,24-25H2/t21-/m1/s1. The minimum absolute atomic E-state index is 0.0926. The highest BCUT2D eigenvalue weighted by Gasteiger charge is 2.30. The van der Waals surface area contributed by atoms with Gasteiger partial charge in [0.25, 0.3) is 0 Å². The predicted molar refractivity (Wildman–Crippen MR) is 103 cm³/mol. The van der Waals surface area contributed by atoms with E-state index in [2.05, 4.69) is 6.07 Å². The summed E-state index contributed by atoms with van der Waals surface area (Å²) in [6.07, 6.45) is 0. The first-order valence-electron chi connectivity index (χ1n) is 8.45. The molecule has 5 nitrogen and oxygen atoms in total. The van der Waals surface area contributed by atoms with Crippen molar-refractivity contribution in [2.45, 2.75) is 5.92 Å². The molecule has 0 spiro atoms.